The molecule has 7 rings (SSSR count). The number of ether oxygens (including phenoxy) is 4. The summed E-state index contributed by atoms with van der Waals surface area (Å²) in [5.74, 6) is 3.13. The largest absolute Gasteiger partial charge is 0.485 e. The van der Waals surface area contributed by atoms with Gasteiger partial charge in [0.05, 0.1) is 41.6 Å². The van der Waals surface area contributed by atoms with Crippen LogP contribution in [0, 0.1) is 0 Å². The fourth-order valence-corrected chi connectivity index (χ4v) is 6.19. The van der Waals surface area contributed by atoms with E-state index in [1.54, 1.807) is 22.7 Å². The lowest BCUT2D eigenvalue weighted by Gasteiger charge is -2.15. The maximum atomic E-state index is 5.96. The van der Waals surface area contributed by atoms with Crippen molar-refractivity contribution in [3.8, 4) is 23.0 Å². The van der Waals surface area contributed by atoms with E-state index in [9.17, 15) is 0 Å². The highest BCUT2D eigenvalue weighted by molar-refractivity contribution is 7.24. The van der Waals surface area contributed by atoms with Gasteiger partial charge in [0.25, 0.3) is 0 Å². The van der Waals surface area contributed by atoms with Gasteiger partial charge in [-0.3, -0.25) is 0 Å². The van der Waals surface area contributed by atoms with Gasteiger partial charge in [0, 0.05) is 0 Å². The van der Waals surface area contributed by atoms with Crippen LogP contribution in [0.4, 0.5) is 0 Å². The zero-order valence-electron chi connectivity index (χ0n) is 16.8. The van der Waals surface area contributed by atoms with Crippen LogP contribution in [0.15, 0.2) is 24.3 Å². The number of thiophene rings is 2. The Morgan fingerprint density at radius 1 is 0.469 bits per heavy atom. The summed E-state index contributed by atoms with van der Waals surface area (Å²) in [5, 5.41) is 0. The fourth-order valence-electron chi connectivity index (χ4n) is 4.02. The molecule has 3 aromatic rings. The summed E-state index contributed by atoms with van der Waals surface area (Å²) in [4.78, 5) is 9.59. The molecule has 0 atom stereocenters. The second kappa shape index (κ2) is 7.08. The van der Waals surface area contributed by atoms with Gasteiger partial charge in [-0.25, -0.2) is 9.97 Å². The third kappa shape index (κ3) is 2.98. The van der Waals surface area contributed by atoms with Crippen molar-refractivity contribution >= 4 is 65.8 Å². The van der Waals surface area contributed by atoms with Crippen LogP contribution >= 0.6 is 22.7 Å². The smallest absolute Gasteiger partial charge is 0.180 e. The molecule has 32 heavy (non-hydrogen) atoms. The molecular formula is C24H16N2O4S2. The number of hydrogen-bond donors (Lipinski definition) is 0. The first-order valence-corrected chi connectivity index (χ1v) is 11.9. The van der Waals surface area contributed by atoms with Crippen LogP contribution in [-0.4, -0.2) is 36.4 Å². The van der Waals surface area contributed by atoms with Crippen molar-refractivity contribution in [2.75, 3.05) is 26.4 Å². The summed E-state index contributed by atoms with van der Waals surface area (Å²) in [7, 11) is 0. The standard InChI is InChI=1S/C24H16N2O4S2/c1-2-14-10-18-22-24(30-8-7-28-22)20(32-18)12-16-4-3-15(26-16)11-19-23-21(27-5-6-29-23)17(31-19)9-13(1)25-14/h1-4,9-12H,5-8H2. The second-order valence-corrected chi connectivity index (χ2v) is 9.71. The van der Waals surface area contributed by atoms with E-state index in [0.717, 1.165) is 64.6 Å². The predicted molar refractivity (Wildman–Crippen MR) is 128 cm³/mol. The van der Waals surface area contributed by atoms with Gasteiger partial charge in [-0.2, -0.15) is 0 Å². The molecule has 158 valence electrons. The third-order valence-corrected chi connectivity index (χ3v) is 7.47. The highest BCUT2D eigenvalue weighted by Gasteiger charge is 2.21. The summed E-state index contributed by atoms with van der Waals surface area (Å²) in [6, 6.07) is 8.19. The zero-order valence-corrected chi connectivity index (χ0v) is 18.4. The average molecular weight is 461 g/mol. The quantitative estimate of drug-likeness (QED) is 0.297. The lowest BCUT2D eigenvalue weighted by atomic mass is 10.3. The van der Waals surface area contributed by atoms with Crippen molar-refractivity contribution in [1.29, 1.82) is 0 Å². The molecule has 4 aliphatic heterocycles. The molecule has 0 unspecified atom stereocenters. The van der Waals surface area contributed by atoms with Crippen LogP contribution in [0.5, 0.6) is 23.0 Å². The molecule has 0 saturated heterocycles. The van der Waals surface area contributed by atoms with Crippen molar-refractivity contribution in [3.05, 3.63) is 47.0 Å². The molecule has 6 nitrogen and oxygen atoms in total. The van der Waals surface area contributed by atoms with E-state index >= 15 is 0 Å². The molecule has 8 heteroatoms. The molecular weight excluding hydrogens is 444 g/mol. The minimum atomic E-state index is 0.541. The molecule has 8 bridgehead atoms. The second-order valence-electron chi connectivity index (χ2n) is 7.54. The number of nitrogens with zero attached hydrogens (tertiary/aromatic N) is 2. The predicted octanol–water partition coefficient (Wildman–Crippen LogP) is 5.66. The van der Waals surface area contributed by atoms with E-state index < -0.39 is 0 Å². The van der Waals surface area contributed by atoms with Gasteiger partial charge in [-0.05, 0) is 48.6 Å². The molecule has 3 aromatic heterocycles. The van der Waals surface area contributed by atoms with Gasteiger partial charge in [0.1, 0.15) is 26.4 Å². The van der Waals surface area contributed by atoms with Gasteiger partial charge in [-0.1, -0.05) is 0 Å². The first kappa shape index (κ1) is 18.2. The first-order chi connectivity index (χ1) is 15.8. The summed E-state index contributed by atoms with van der Waals surface area (Å²) in [6.45, 7) is 2.16. The van der Waals surface area contributed by atoms with Crippen molar-refractivity contribution < 1.29 is 18.9 Å². The summed E-state index contributed by atoms with van der Waals surface area (Å²) in [5.41, 5.74) is 3.49. The van der Waals surface area contributed by atoms with Crippen LogP contribution in [0.2, 0.25) is 0 Å². The van der Waals surface area contributed by atoms with Gasteiger partial charge >= 0.3 is 0 Å². The van der Waals surface area contributed by atoms with E-state index in [4.69, 9.17) is 28.9 Å². The Morgan fingerprint density at radius 2 is 0.750 bits per heavy atom. The number of aromatic nitrogens is 2. The molecule has 0 aromatic carbocycles. The third-order valence-electron chi connectivity index (χ3n) is 5.38. The van der Waals surface area contributed by atoms with Crippen molar-refractivity contribution in [1.82, 2.24) is 9.97 Å². The Labute approximate surface area is 191 Å². The maximum Gasteiger partial charge on any atom is 0.180 e. The van der Waals surface area contributed by atoms with Gasteiger partial charge in [0.2, 0.25) is 0 Å². The van der Waals surface area contributed by atoms with E-state index in [2.05, 4.69) is 0 Å². The SMILES string of the molecule is C1=Cc2cc3sc(cc4nc(cc5sc(cc1n2)c1c5OCCO1)C=C4)c1c3OCCO1. The topological polar surface area (TPSA) is 62.7 Å². The lowest BCUT2D eigenvalue weighted by Crippen LogP contribution is -2.14. The molecule has 0 saturated carbocycles. The fraction of sp³-hybridized carbons (Fsp3) is 0.167. The summed E-state index contributed by atoms with van der Waals surface area (Å²) in [6.07, 6.45) is 8.05. The van der Waals surface area contributed by atoms with Crippen LogP contribution in [0.1, 0.15) is 22.8 Å². The number of hydrogen-bond acceptors (Lipinski definition) is 8. The van der Waals surface area contributed by atoms with E-state index in [1.807, 2.05) is 48.6 Å². The maximum absolute atomic E-state index is 5.96. The first-order valence-electron chi connectivity index (χ1n) is 10.3. The monoisotopic (exact) mass is 460 g/mol. The molecule has 0 radical (unpaired) electrons. The van der Waals surface area contributed by atoms with E-state index in [0.29, 0.717) is 26.4 Å². The van der Waals surface area contributed by atoms with Crippen LogP contribution in [0.25, 0.3) is 43.1 Å². The van der Waals surface area contributed by atoms with Crippen LogP contribution in [-0.2, 0) is 0 Å². The Bertz CT molecular complexity index is 1280. The number of fused-ring (bicyclic) bond motifs is 14. The Morgan fingerprint density at radius 3 is 1.03 bits per heavy atom. The summed E-state index contributed by atoms with van der Waals surface area (Å²) < 4.78 is 27.8. The van der Waals surface area contributed by atoms with Crippen LogP contribution < -0.4 is 18.9 Å². The Kier molecular flexibility index (Phi) is 4.03. The highest BCUT2D eigenvalue weighted by atomic mass is 32.1. The molecule has 0 fully saturated rings. The molecule has 7 heterocycles. The van der Waals surface area contributed by atoms with Gasteiger partial charge in [-0.15, -0.1) is 22.7 Å². The normalized spacial score (nSPS) is 15.8. The average Bonchev–Trinajstić information content (AvgIpc) is 3.58. The zero-order chi connectivity index (χ0) is 21.1. The minimum Gasteiger partial charge on any atom is -0.485 e. The van der Waals surface area contributed by atoms with Crippen molar-refractivity contribution in [2.24, 2.45) is 0 Å². The van der Waals surface area contributed by atoms with Gasteiger partial charge < -0.3 is 18.9 Å². The Hall–Kier alpha value is -3.36. The molecule has 0 aliphatic carbocycles. The molecule has 0 N–H and O–H groups in total. The van der Waals surface area contributed by atoms with Crippen LogP contribution in [0.3, 0.4) is 0 Å². The minimum absolute atomic E-state index is 0.541. The molecule has 0 amide bonds. The van der Waals surface area contributed by atoms with E-state index in [1.165, 1.54) is 0 Å². The van der Waals surface area contributed by atoms with E-state index in [-0.39, 0.29) is 0 Å². The molecule has 4 aliphatic rings. The lowest BCUT2D eigenvalue weighted by molar-refractivity contribution is 0.177. The summed E-state index contributed by atoms with van der Waals surface area (Å²) >= 11 is 3.25. The van der Waals surface area contributed by atoms with Gasteiger partial charge in [0.15, 0.2) is 23.0 Å². The number of rotatable bonds is 0. The Balaban J connectivity index is 1.58. The van der Waals surface area contributed by atoms with Crippen molar-refractivity contribution in [2.45, 2.75) is 0 Å². The van der Waals surface area contributed by atoms with Crippen molar-refractivity contribution in [3.63, 3.8) is 0 Å². The molecule has 0 spiro atoms. The highest BCUT2D eigenvalue weighted by Crippen LogP contribution is 2.47.